The molecule has 0 spiro atoms. The standard InChI is InChI=1S/C9H9ClN2O2/c10-6-8(11)12-14-9(13)7-4-2-1-3-5-7/h1-5H,6H2,(H2,11,12). The van der Waals surface area contributed by atoms with E-state index in [9.17, 15) is 4.79 Å². The Bertz CT molecular complexity index is 327. The number of rotatable bonds is 2. The maximum Gasteiger partial charge on any atom is 0.362 e. The summed E-state index contributed by atoms with van der Waals surface area (Å²) in [5.41, 5.74) is 2.55. The Balaban J connectivity index is 2.48. The second-order valence-electron chi connectivity index (χ2n) is 2.47. The first-order valence-corrected chi connectivity index (χ1v) is 4.43. The SMILES string of the molecule is N=C(CCl)NOC(=O)c1ccccc1. The third kappa shape index (κ3) is 3.06. The molecule has 0 fully saturated rings. The molecule has 0 atom stereocenters. The lowest BCUT2D eigenvalue weighted by Gasteiger charge is -2.04. The molecule has 0 aliphatic rings. The smallest absolute Gasteiger partial charge is 0.337 e. The highest BCUT2D eigenvalue weighted by molar-refractivity contribution is 6.27. The summed E-state index contributed by atoms with van der Waals surface area (Å²) >= 11 is 5.30. The highest BCUT2D eigenvalue weighted by Crippen LogP contribution is 1.99. The molecule has 5 heteroatoms. The maximum absolute atomic E-state index is 11.2. The lowest BCUT2D eigenvalue weighted by Crippen LogP contribution is -2.27. The Labute approximate surface area is 86.3 Å². The molecule has 1 aromatic rings. The fraction of sp³-hybridized carbons (Fsp3) is 0.111. The molecule has 0 unspecified atom stereocenters. The molecule has 0 bridgehead atoms. The number of carbonyl (C=O) groups is 1. The van der Waals surface area contributed by atoms with E-state index in [-0.39, 0.29) is 11.7 Å². The van der Waals surface area contributed by atoms with Crippen LogP contribution in [0.5, 0.6) is 0 Å². The third-order valence-electron chi connectivity index (χ3n) is 1.41. The Morgan fingerprint density at radius 1 is 1.43 bits per heavy atom. The molecule has 74 valence electrons. The van der Waals surface area contributed by atoms with Gasteiger partial charge in [-0.05, 0) is 12.1 Å². The van der Waals surface area contributed by atoms with Crippen molar-refractivity contribution in [3.63, 3.8) is 0 Å². The van der Waals surface area contributed by atoms with Crippen molar-refractivity contribution < 1.29 is 9.63 Å². The van der Waals surface area contributed by atoms with Crippen LogP contribution in [0.1, 0.15) is 10.4 Å². The molecule has 14 heavy (non-hydrogen) atoms. The summed E-state index contributed by atoms with van der Waals surface area (Å²) < 4.78 is 0. The van der Waals surface area contributed by atoms with E-state index < -0.39 is 5.97 Å². The molecule has 0 saturated carbocycles. The summed E-state index contributed by atoms with van der Waals surface area (Å²) in [5, 5.41) is 7.07. The molecule has 0 saturated heterocycles. The predicted octanol–water partition coefficient (Wildman–Crippen LogP) is 1.56. The minimum Gasteiger partial charge on any atom is -0.337 e. The van der Waals surface area contributed by atoms with E-state index in [1.165, 1.54) is 0 Å². The summed E-state index contributed by atoms with van der Waals surface area (Å²) in [7, 11) is 0. The number of hydrogen-bond acceptors (Lipinski definition) is 3. The number of amidine groups is 1. The van der Waals surface area contributed by atoms with E-state index in [0.717, 1.165) is 0 Å². The highest BCUT2D eigenvalue weighted by atomic mass is 35.5. The number of benzene rings is 1. The first kappa shape index (κ1) is 10.5. The van der Waals surface area contributed by atoms with Crippen molar-refractivity contribution in [3.8, 4) is 0 Å². The van der Waals surface area contributed by atoms with Gasteiger partial charge in [0.1, 0.15) is 5.84 Å². The van der Waals surface area contributed by atoms with Crippen LogP contribution in [0.15, 0.2) is 30.3 Å². The average molecular weight is 213 g/mol. The second kappa shape index (κ2) is 5.24. The number of hydrogen-bond donors (Lipinski definition) is 2. The molecule has 1 aromatic carbocycles. The zero-order chi connectivity index (χ0) is 10.4. The predicted molar refractivity (Wildman–Crippen MR) is 53.4 cm³/mol. The number of alkyl halides is 1. The van der Waals surface area contributed by atoms with Gasteiger partial charge in [-0.3, -0.25) is 5.41 Å². The minimum absolute atomic E-state index is 0.0257. The van der Waals surface area contributed by atoms with E-state index in [2.05, 4.69) is 10.3 Å². The van der Waals surface area contributed by atoms with E-state index in [4.69, 9.17) is 17.0 Å². The van der Waals surface area contributed by atoms with Crippen LogP contribution >= 0.6 is 11.6 Å². The lowest BCUT2D eigenvalue weighted by atomic mass is 10.2. The first-order chi connectivity index (χ1) is 6.74. The Morgan fingerprint density at radius 2 is 2.07 bits per heavy atom. The van der Waals surface area contributed by atoms with Crippen LogP contribution in [0.4, 0.5) is 0 Å². The monoisotopic (exact) mass is 212 g/mol. The van der Waals surface area contributed by atoms with Crippen LogP contribution in [-0.4, -0.2) is 17.7 Å². The number of halogens is 1. The minimum atomic E-state index is -0.541. The maximum atomic E-state index is 11.2. The molecular weight excluding hydrogens is 204 g/mol. The van der Waals surface area contributed by atoms with Crippen LogP contribution in [0.3, 0.4) is 0 Å². The van der Waals surface area contributed by atoms with Gasteiger partial charge >= 0.3 is 5.97 Å². The molecule has 0 aromatic heterocycles. The first-order valence-electron chi connectivity index (χ1n) is 3.89. The molecule has 0 heterocycles. The molecular formula is C9H9ClN2O2. The third-order valence-corrected chi connectivity index (χ3v) is 1.68. The van der Waals surface area contributed by atoms with Gasteiger partial charge in [-0.25, -0.2) is 10.3 Å². The quantitative estimate of drug-likeness (QED) is 0.339. The van der Waals surface area contributed by atoms with Gasteiger partial charge in [-0.1, -0.05) is 18.2 Å². The normalized spacial score (nSPS) is 9.21. The molecule has 1 rings (SSSR count). The van der Waals surface area contributed by atoms with Gasteiger partial charge in [-0.2, -0.15) is 0 Å². The molecule has 0 aliphatic carbocycles. The summed E-state index contributed by atoms with van der Waals surface area (Å²) in [6.07, 6.45) is 0. The summed E-state index contributed by atoms with van der Waals surface area (Å²) in [6, 6.07) is 8.49. The van der Waals surface area contributed by atoms with E-state index >= 15 is 0 Å². The van der Waals surface area contributed by atoms with E-state index in [1.807, 2.05) is 0 Å². The average Bonchev–Trinajstić information content (AvgIpc) is 2.26. The van der Waals surface area contributed by atoms with E-state index in [1.54, 1.807) is 30.3 Å². The van der Waals surface area contributed by atoms with Gasteiger partial charge in [0.05, 0.1) is 11.4 Å². The van der Waals surface area contributed by atoms with Crippen LogP contribution < -0.4 is 5.48 Å². The van der Waals surface area contributed by atoms with Gasteiger partial charge in [0, 0.05) is 0 Å². The second-order valence-corrected chi connectivity index (χ2v) is 2.74. The van der Waals surface area contributed by atoms with Crippen molar-refractivity contribution in [1.82, 2.24) is 5.48 Å². The van der Waals surface area contributed by atoms with E-state index in [0.29, 0.717) is 5.56 Å². The zero-order valence-corrected chi connectivity index (χ0v) is 8.04. The topological polar surface area (TPSA) is 62.2 Å². The fourth-order valence-electron chi connectivity index (χ4n) is 0.768. The highest BCUT2D eigenvalue weighted by Gasteiger charge is 2.06. The summed E-state index contributed by atoms with van der Waals surface area (Å²) in [5.74, 6) is -0.626. The van der Waals surface area contributed by atoms with Crippen molar-refractivity contribution in [1.29, 1.82) is 5.41 Å². The number of carbonyl (C=O) groups excluding carboxylic acids is 1. The van der Waals surface area contributed by atoms with Crippen molar-refractivity contribution >= 4 is 23.4 Å². The number of nitrogens with one attached hydrogen (secondary N) is 2. The van der Waals surface area contributed by atoms with Crippen LogP contribution in [0.2, 0.25) is 0 Å². The van der Waals surface area contributed by atoms with Crippen LogP contribution in [-0.2, 0) is 4.84 Å². The molecule has 4 nitrogen and oxygen atoms in total. The van der Waals surface area contributed by atoms with Gasteiger partial charge < -0.3 is 4.84 Å². The lowest BCUT2D eigenvalue weighted by molar-refractivity contribution is 0.0384. The van der Waals surface area contributed by atoms with Crippen molar-refractivity contribution in [2.24, 2.45) is 0 Å². The Kier molecular flexibility index (Phi) is 3.94. The Hall–Kier alpha value is -1.55. The zero-order valence-electron chi connectivity index (χ0n) is 7.29. The van der Waals surface area contributed by atoms with Crippen LogP contribution in [0.25, 0.3) is 0 Å². The van der Waals surface area contributed by atoms with Crippen LogP contribution in [0, 0.1) is 5.41 Å². The summed E-state index contributed by atoms with van der Waals surface area (Å²) in [4.78, 5) is 15.8. The van der Waals surface area contributed by atoms with Crippen molar-refractivity contribution in [3.05, 3.63) is 35.9 Å². The Morgan fingerprint density at radius 3 is 2.64 bits per heavy atom. The van der Waals surface area contributed by atoms with Gasteiger partial charge in [0.15, 0.2) is 0 Å². The van der Waals surface area contributed by atoms with Gasteiger partial charge in [0.2, 0.25) is 0 Å². The molecule has 0 aliphatic heterocycles. The fourth-order valence-corrected chi connectivity index (χ4v) is 0.823. The molecule has 0 radical (unpaired) electrons. The molecule has 0 amide bonds. The van der Waals surface area contributed by atoms with Gasteiger partial charge in [0.25, 0.3) is 0 Å². The largest absolute Gasteiger partial charge is 0.362 e. The molecule has 2 N–H and O–H groups in total. The van der Waals surface area contributed by atoms with Crippen molar-refractivity contribution in [2.45, 2.75) is 0 Å². The van der Waals surface area contributed by atoms with Crippen molar-refractivity contribution in [2.75, 3.05) is 5.88 Å². The van der Waals surface area contributed by atoms with Gasteiger partial charge in [-0.15, -0.1) is 11.6 Å². The summed E-state index contributed by atoms with van der Waals surface area (Å²) in [6.45, 7) is 0. The number of hydroxylamine groups is 1.